The van der Waals surface area contributed by atoms with Crippen LogP contribution >= 0.6 is 0 Å². The van der Waals surface area contributed by atoms with Crippen LogP contribution in [0.25, 0.3) is 5.69 Å². The highest BCUT2D eigenvalue weighted by atomic mass is 16.5. The van der Waals surface area contributed by atoms with Crippen molar-refractivity contribution in [2.24, 2.45) is 4.99 Å². The largest absolute Gasteiger partial charge is 0.472 e. The van der Waals surface area contributed by atoms with E-state index in [1.54, 1.807) is 19.6 Å². The highest BCUT2D eigenvalue weighted by Gasteiger charge is 2.26. The van der Waals surface area contributed by atoms with E-state index in [9.17, 15) is 0 Å². The zero-order valence-corrected chi connectivity index (χ0v) is 15.8. The van der Waals surface area contributed by atoms with Gasteiger partial charge in [-0.1, -0.05) is 24.3 Å². The number of benzene rings is 1. The number of ether oxygens (including phenoxy) is 1. The maximum absolute atomic E-state index is 5.97. The fourth-order valence-electron chi connectivity index (χ4n) is 3.28. The number of rotatable bonds is 5. The molecule has 1 aliphatic rings. The van der Waals surface area contributed by atoms with E-state index in [1.807, 2.05) is 53.1 Å². The van der Waals surface area contributed by atoms with Crippen molar-refractivity contribution >= 4 is 5.96 Å². The van der Waals surface area contributed by atoms with Crippen molar-refractivity contribution in [3.8, 4) is 11.6 Å². The number of guanidine groups is 1. The van der Waals surface area contributed by atoms with E-state index in [0.717, 1.165) is 37.0 Å². The second kappa shape index (κ2) is 8.51. The Bertz CT molecular complexity index is 911. The zero-order valence-electron chi connectivity index (χ0n) is 15.8. The zero-order chi connectivity index (χ0) is 19.2. The lowest BCUT2D eigenvalue weighted by molar-refractivity contribution is 0.205. The summed E-state index contributed by atoms with van der Waals surface area (Å²) in [4.78, 5) is 10.8. The smallest absolute Gasteiger partial charge is 0.213 e. The van der Waals surface area contributed by atoms with Crippen LogP contribution in [0.4, 0.5) is 0 Å². The number of aromatic nitrogens is 4. The van der Waals surface area contributed by atoms with Gasteiger partial charge in [0.2, 0.25) is 5.88 Å². The maximum atomic E-state index is 5.97. The molecule has 0 amide bonds. The van der Waals surface area contributed by atoms with E-state index >= 15 is 0 Å². The minimum absolute atomic E-state index is 0.0985. The third kappa shape index (κ3) is 4.11. The summed E-state index contributed by atoms with van der Waals surface area (Å²) < 4.78 is 7.94. The number of para-hydroxylation sites is 1. The van der Waals surface area contributed by atoms with E-state index in [0.29, 0.717) is 12.4 Å². The molecule has 0 bridgehead atoms. The minimum atomic E-state index is 0.0985. The van der Waals surface area contributed by atoms with Gasteiger partial charge in [0.05, 0.1) is 13.1 Å². The summed E-state index contributed by atoms with van der Waals surface area (Å²) in [6.45, 7) is 2.17. The number of aliphatic imine (C=N–C) groups is 1. The monoisotopic (exact) mass is 377 g/mol. The Morgan fingerprint density at radius 2 is 2.07 bits per heavy atom. The molecule has 1 atom stereocenters. The van der Waals surface area contributed by atoms with Crippen molar-refractivity contribution < 1.29 is 4.74 Å². The first kappa shape index (κ1) is 18.0. The average Bonchev–Trinajstić information content (AvgIpc) is 3.40. The van der Waals surface area contributed by atoms with Gasteiger partial charge in [-0.05, 0) is 18.2 Å². The van der Waals surface area contributed by atoms with Crippen LogP contribution in [0.15, 0.2) is 66.0 Å². The number of hydrogen-bond acceptors (Lipinski definition) is 5. The predicted octanol–water partition coefficient (Wildman–Crippen LogP) is 1.89. The van der Waals surface area contributed by atoms with Gasteiger partial charge < -0.3 is 15.0 Å². The van der Waals surface area contributed by atoms with Crippen LogP contribution in [0.1, 0.15) is 12.2 Å². The summed E-state index contributed by atoms with van der Waals surface area (Å²) in [5, 5.41) is 11.7. The number of pyridine rings is 1. The molecule has 3 aromatic rings. The molecule has 0 radical (unpaired) electrons. The van der Waals surface area contributed by atoms with Crippen LogP contribution in [0, 0.1) is 0 Å². The van der Waals surface area contributed by atoms with Gasteiger partial charge in [0.15, 0.2) is 11.8 Å². The highest BCUT2D eigenvalue weighted by Crippen LogP contribution is 2.16. The molecule has 1 unspecified atom stereocenters. The molecule has 4 rings (SSSR count). The normalized spacial score (nSPS) is 17.0. The minimum Gasteiger partial charge on any atom is -0.472 e. The van der Waals surface area contributed by atoms with Crippen molar-refractivity contribution in [2.75, 3.05) is 20.1 Å². The Balaban J connectivity index is 1.36. The predicted molar refractivity (Wildman–Crippen MR) is 106 cm³/mol. The van der Waals surface area contributed by atoms with Gasteiger partial charge in [-0.3, -0.25) is 9.56 Å². The third-order valence-corrected chi connectivity index (χ3v) is 4.64. The molecule has 2 aromatic heterocycles. The van der Waals surface area contributed by atoms with E-state index < -0.39 is 0 Å². The third-order valence-electron chi connectivity index (χ3n) is 4.64. The van der Waals surface area contributed by atoms with Gasteiger partial charge in [0, 0.05) is 38.0 Å². The molecular formula is C20H23N7O. The molecule has 1 fully saturated rings. The van der Waals surface area contributed by atoms with E-state index in [2.05, 4.69) is 30.4 Å². The van der Waals surface area contributed by atoms with Gasteiger partial charge >= 0.3 is 0 Å². The first-order chi connectivity index (χ1) is 13.8. The summed E-state index contributed by atoms with van der Waals surface area (Å²) in [5.41, 5.74) is 1.03. The Hall–Kier alpha value is -3.42. The number of likely N-dealkylation sites (tertiary alicyclic amines) is 1. The molecule has 8 nitrogen and oxygen atoms in total. The molecule has 8 heteroatoms. The number of hydrogen-bond donors (Lipinski definition) is 1. The summed E-state index contributed by atoms with van der Waals surface area (Å²) >= 11 is 0. The van der Waals surface area contributed by atoms with Crippen LogP contribution in [0.3, 0.4) is 0 Å². The van der Waals surface area contributed by atoms with Crippen LogP contribution < -0.4 is 10.1 Å². The summed E-state index contributed by atoms with van der Waals surface area (Å²) in [6, 6.07) is 15.7. The van der Waals surface area contributed by atoms with E-state index in [1.165, 1.54) is 0 Å². The Labute approximate surface area is 163 Å². The number of nitrogens with one attached hydrogen (secondary N) is 1. The van der Waals surface area contributed by atoms with Crippen LogP contribution in [-0.4, -0.2) is 56.8 Å². The fraction of sp³-hybridized carbons (Fsp3) is 0.300. The van der Waals surface area contributed by atoms with Crippen molar-refractivity contribution in [2.45, 2.75) is 19.1 Å². The molecule has 3 heterocycles. The second-order valence-electron chi connectivity index (χ2n) is 6.50. The second-order valence-corrected chi connectivity index (χ2v) is 6.50. The van der Waals surface area contributed by atoms with Gasteiger partial charge in [-0.25, -0.2) is 4.98 Å². The molecular weight excluding hydrogens is 354 g/mol. The lowest BCUT2D eigenvalue weighted by Crippen LogP contribution is -2.40. The lowest BCUT2D eigenvalue weighted by Gasteiger charge is -2.21. The van der Waals surface area contributed by atoms with Crippen LogP contribution in [0.5, 0.6) is 5.88 Å². The standard InChI is InChI=1S/C20H23N7O/c1-21-20(26-12-10-17(14-26)28-19-9-5-6-11-22-19)23-13-18-25-24-15-27(18)16-7-3-2-4-8-16/h2-9,11,15,17H,10,12-14H2,1H3,(H,21,23). The van der Waals surface area contributed by atoms with Gasteiger partial charge in [-0.15, -0.1) is 10.2 Å². The molecule has 0 saturated carbocycles. The topological polar surface area (TPSA) is 80.5 Å². The molecule has 1 N–H and O–H groups in total. The molecule has 0 spiro atoms. The molecule has 1 aliphatic heterocycles. The van der Waals surface area contributed by atoms with E-state index in [4.69, 9.17) is 4.74 Å². The Morgan fingerprint density at radius 1 is 1.21 bits per heavy atom. The van der Waals surface area contributed by atoms with Crippen LogP contribution in [0.2, 0.25) is 0 Å². The average molecular weight is 377 g/mol. The van der Waals surface area contributed by atoms with Crippen molar-refractivity contribution in [1.29, 1.82) is 0 Å². The van der Waals surface area contributed by atoms with Gasteiger partial charge in [-0.2, -0.15) is 0 Å². The molecule has 0 aliphatic carbocycles. The molecule has 28 heavy (non-hydrogen) atoms. The van der Waals surface area contributed by atoms with Gasteiger partial charge in [0.1, 0.15) is 12.4 Å². The maximum Gasteiger partial charge on any atom is 0.213 e. The lowest BCUT2D eigenvalue weighted by atomic mass is 10.3. The first-order valence-corrected chi connectivity index (χ1v) is 9.31. The SMILES string of the molecule is CN=C(NCc1nncn1-c1ccccc1)N1CCC(Oc2ccccn2)C1. The fourth-order valence-corrected chi connectivity index (χ4v) is 3.28. The van der Waals surface area contributed by atoms with Crippen molar-refractivity contribution in [3.05, 3.63) is 66.9 Å². The van der Waals surface area contributed by atoms with Crippen LogP contribution in [-0.2, 0) is 6.54 Å². The highest BCUT2D eigenvalue weighted by molar-refractivity contribution is 5.80. The van der Waals surface area contributed by atoms with E-state index in [-0.39, 0.29) is 6.10 Å². The van der Waals surface area contributed by atoms with Crippen molar-refractivity contribution in [3.63, 3.8) is 0 Å². The summed E-state index contributed by atoms with van der Waals surface area (Å²) in [5.74, 6) is 2.32. The Morgan fingerprint density at radius 3 is 2.86 bits per heavy atom. The summed E-state index contributed by atoms with van der Waals surface area (Å²) in [7, 11) is 1.79. The summed E-state index contributed by atoms with van der Waals surface area (Å²) in [6.07, 6.45) is 4.49. The number of nitrogens with zero attached hydrogens (tertiary/aromatic N) is 6. The van der Waals surface area contributed by atoms with Gasteiger partial charge in [0.25, 0.3) is 0 Å². The Kier molecular flexibility index (Phi) is 5.46. The molecule has 1 aromatic carbocycles. The molecule has 144 valence electrons. The van der Waals surface area contributed by atoms with Crippen molar-refractivity contribution in [1.82, 2.24) is 30.0 Å². The quantitative estimate of drug-likeness (QED) is 0.540. The molecule has 1 saturated heterocycles. The first-order valence-electron chi connectivity index (χ1n) is 9.31.